The van der Waals surface area contributed by atoms with Crippen LogP contribution in [0, 0.1) is 0 Å². The number of alkyl halides is 1. The Balaban J connectivity index is 1.86. The molecule has 1 amide bonds. The molecule has 1 aliphatic rings. The van der Waals surface area contributed by atoms with Gasteiger partial charge in [-0.15, -0.1) is 6.58 Å². The van der Waals surface area contributed by atoms with Crippen LogP contribution in [0.5, 0.6) is 0 Å². The lowest BCUT2D eigenvalue weighted by Gasteiger charge is -2.30. The number of rotatable bonds is 5. The summed E-state index contributed by atoms with van der Waals surface area (Å²) in [6, 6.07) is 15.1. The van der Waals surface area contributed by atoms with Crippen molar-refractivity contribution in [1.82, 2.24) is 9.47 Å². The molecule has 0 radical (unpaired) electrons. The van der Waals surface area contributed by atoms with E-state index in [0.717, 1.165) is 22.0 Å². The standard InChI is InChI=1S/C24H23BrN2O3/c1-3-12-24(25)15-27(13-16-8-10-17(14-28)11-9-16)23(30)21-20(22(24)29)18-6-4-5-7-19(18)26(21)2/h3-11,28H,1,12-15H2,2H3. The molecule has 1 N–H and O–H groups in total. The number of aliphatic hydroxyl groups excluding tert-OH is 1. The second-order valence-corrected chi connectivity index (χ2v) is 9.24. The van der Waals surface area contributed by atoms with Gasteiger partial charge in [0, 0.05) is 31.0 Å². The number of benzene rings is 2. The lowest BCUT2D eigenvalue weighted by Crippen LogP contribution is -2.43. The predicted molar refractivity (Wildman–Crippen MR) is 121 cm³/mol. The number of ketones is 1. The van der Waals surface area contributed by atoms with Gasteiger partial charge in [-0.25, -0.2) is 0 Å². The predicted octanol–water partition coefficient (Wildman–Crippen LogP) is 4.22. The summed E-state index contributed by atoms with van der Waals surface area (Å²) in [5.74, 6) is -0.269. The number of carbonyl (C=O) groups excluding carboxylic acids is 2. The van der Waals surface area contributed by atoms with E-state index >= 15 is 0 Å². The molecule has 6 heteroatoms. The monoisotopic (exact) mass is 466 g/mol. The highest BCUT2D eigenvalue weighted by atomic mass is 79.9. The van der Waals surface area contributed by atoms with Gasteiger partial charge in [0.05, 0.1) is 12.2 Å². The highest BCUT2D eigenvalue weighted by molar-refractivity contribution is 9.10. The third kappa shape index (κ3) is 3.30. The van der Waals surface area contributed by atoms with Gasteiger partial charge in [-0.3, -0.25) is 9.59 Å². The summed E-state index contributed by atoms with van der Waals surface area (Å²) in [5.41, 5.74) is 3.48. The van der Waals surface area contributed by atoms with Crippen LogP contribution in [-0.2, 0) is 20.2 Å². The molecule has 0 saturated carbocycles. The van der Waals surface area contributed by atoms with Crippen LogP contribution < -0.4 is 0 Å². The van der Waals surface area contributed by atoms with Crippen molar-refractivity contribution in [3.63, 3.8) is 0 Å². The molecule has 0 spiro atoms. The van der Waals surface area contributed by atoms with Crippen molar-refractivity contribution in [3.8, 4) is 0 Å². The maximum Gasteiger partial charge on any atom is 0.271 e. The summed E-state index contributed by atoms with van der Waals surface area (Å²) in [7, 11) is 1.83. The second-order valence-electron chi connectivity index (χ2n) is 7.72. The van der Waals surface area contributed by atoms with Crippen LogP contribution in [0.15, 0.2) is 61.2 Å². The van der Waals surface area contributed by atoms with E-state index in [9.17, 15) is 14.7 Å². The first-order valence-electron chi connectivity index (χ1n) is 9.79. The first-order valence-corrected chi connectivity index (χ1v) is 10.6. The molecule has 3 aromatic rings. The van der Waals surface area contributed by atoms with Gasteiger partial charge in [0.1, 0.15) is 10.0 Å². The van der Waals surface area contributed by atoms with Crippen LogP contribution in [0.3, 0.4) is 0 Å². The molecular weight excluding hydrogens is 444 g/mol. The fraction of sp³-hybridized carbons (Fsp3) is 0.250. The van der Waals surface area contributed by atoms with E-state index < -0.39 is 4.32 Å². The van der Waals surface area contributed by atoms with Gasteiger partial charge in [0.2, 0.25) is 0 Å². The second kappa shape index (κ2) is 7.85. The maximum absolute atomic E-state index is 13.7. The van der Waals surface area contributed by atoms with Crippen LogP contribution in [-0.4, -0.2) is 37.1 Å². The van der Waals surface area contributed by atoms with Gasteiger partial charge >= 0.3 is 0 Å². The Labute approximate surface area is 183 Å². The van der Waals surface area contributed by atoms with Gasteiger partial charge in [-0.05, 0) is 23.6 Å². The summed E-state index contributed by atoms with van der Waals surface area (Å²) < 4.78 is 0.879. The number of fused-ring (bicyclic) bond motifs is 3. The van der Waals surface area contributed by atoms with E-state index in [2.05, 4.69) is 22.5 Å². The van der Waals surface area contributed by atoms with E-state index in [1.54, 1.807) is 11.0 Å². The van der Waals surface area contributed by atoms with E-state index in [0.29, 0.717) is 24.2 Å². The minimum Gasteiger partial charge on any atom is -0.392 e. The smallest absolute Gasteiger partial charge is 0.271 e. The number of hydrogen-bond acceptors (Lipinski definition) is 3. The first-order chi connectivity index (χ1) is 14.4. The zero-order chi connectivity index (χ0) is 21.5. The number of aliphatic hydroxyl groups is 1. The maximum atomic E-state index is 13.7. The van der Waals surface area contributed by atoms with Gasteiger partial charge in [0.25, 0.3) is 5.91 Å². The number of amides is 1. The number of allylic oxidation sites excluding steroid dienone is 1. The Morgan fingerprint density at radius 1 is 1.13 bits per heavy atom. The molecule has 1 atom stereocenters. The van der Waals surface area contributed by atoms with Crippen molar-refractivity contribution in [2.24, 2.45) is 7.05 Å². The zero-order valence-electron chi connectivity index (χ0n) is 16.8. The summed E-state index contributed by atoms with van der Waals surface area (Å²) in [6.45, 7) is 4.40. The number of para-hydroxylation sites is 1. The highest BCUT2D eigenvalue weighted by Crippen LogP contribution is 2.38. The topological polar surface area (TPSA) is 62.5 Å². The van der Waals surface area contributed by atoms with Crippen molar-refractivity contribution < 1.29 is 14.7 Å². The summed E-state index contributed by atoms with van der Waals surface area (Å²) >= 11 is 3.68. The largest absolute Gasteiger partial charge is 0.392 e. The van der Waals surface area contributed by atoms with Gasteiger partial charge < -0.3 is 14.6 Å². The van der Waals surface area contributed by atoms with E-state index in [1.165, 1.54) is 0 Å². The Hall–Kier alpha value is -2.70. The normalized spacial score (nSPS) is 19.1. The third-order valence-corrected chi connectivity index (χ3v) is 6.65. The summed E-state index contributed by atoms with van der Waals surface area (Å²) in [5, 5.41) is 10.1. The zero-order valence-corrected chi connectivity index (χ0v) is 18.4. The average molecular weight is 467 g/mol. The highest BCUT2D eigenvalue weighted by Gasteiger charge is 2.45. The Morgan fingerprint density at radius 3 is 2.47 bits per heavy atom. The molecule has 0 fully saturated rings. The van der Waals surface area contributed by atoms with Gasteiger partial charge in [-0.1, -0.05) is 64.5 Å². The van der Waals surface area contributed by atoms with Crippen molar-refractivity contribution in [2.75, 3.05) is 6.54 Å². The minimum absolute atomic E-state index is 0.0272. The fourth-order valence-corrected chi connectivity index (χ4v) is 4.91. The fourth-order valence-electron chi connectivity index (χ4n) is 4.18. The Morgan fingerprint density at radius 2 is 1.80 bits per heavy atom. The minimum atomic E-state index is -0.940. The van der Waals surface area contributed by atoms with E-state index in [-0.39, 0.29) is 24.8 Å². The molecule has 2 heterocycles. The molecule has 2 aromatic carbocycles. The quantitative estimate of drug-likeness (QED) is 0.452. The van der Waals surface area contributed by atoms with Crippen LogP contribution in [0.1, 0.15) is 38.4 Å². The molecule has 1 unspecified atom stereocenters. The molecule has 0 saturated heterocycles. The summed E-state index contributed by atoms with van der Waals surface area (Å²) in [6.07, 6.45) is 2.11. The number of hydrogen-bond donors (Lipinski definition) is 1. The van der Waals surface area contributed by atoms with Crippen LogP contribution in [0.2, 0.25) is 0 Å². The number of carbonyl (C=O) groups is 2. The average Bonchev–Trinajstić information content (AvgIpc) is 3.01. The molecule has 5 nitrogen and oxygen atoms in total. The van der Waals surface area contributed by atoms with Crippen LogP contribution in [0.4, 0.5) is 0 Å². The molecule has 4 rings (SSSR count). The van der Waals surface area contributed by atoms with Crippen molar-refractivity contribution in [3.05, 3.63) is 83.6 Å². The Bertz CT molecular complexity index is 1150. The number of aromatic nitrogens is 1. The lowest BCUT2D eigenvalue weighted by molar-refractivity contribution is 0.0720. The van der Waals surface area contributed by atoms with Gasteiger partial charge in [-0.2, -0.15) is 0 Å². The molecule has 0 bridgehead atoms. The molecular formula is C24H23BrN2O3. The Kier molecular flexibility index (Phi) is 5.38. The number of aryl methyl sites for hydroxylation is 1. The summed E-state index contributed by atoms with van der Waals surface area (Å²) in [4.78, 5) is 29.1. The SMILES string of the molecule is C=CCC1(Br)CN(Cc2ccc(CO)cc2)C(=O)c2c(c3ccccc3n2C)C1=O. The van der Waals surface area contributed by atoms with Crippen LogP contribution >= 0.6 is 15.9 Å². The third-order valence-electron chi connectivity index (χ3n) is 5.72. The number of Topliss-reactive ketones (excluding diaryl/α,β-unsaturated/α-hetero) is 1. The van der Waals surface area contributed by atoms with Crippen molar-refractivity contribution in [2.45, 2.75) is 23.9 Å². The lowest BCUT2D eigenvalue weighted by atomic mass is 9.93. The van der Waals surface area contributed by atoms with Crippen molar-refractivity contribution in [1.29, 1.82) is 0 Å². The van der Waals surface area contributed by atoms with Gasteiger partial charge in [0.15, 0.2) is 5.78 Å². The molecule has 154 valence electrons. The molecule has 30 heavy (non-hydrogen) atoms. The molecule has 0 aliphatic carbocycles. The van der Waals surface area contributed by atoms with Crippen molar-refractivity contribution >= 4 is 38.5 Å². The first kappa shape index (κ1) is 20.6. The van der Waals surface area contributed by atoms with Crippen LogP contribution in [0.25, 0.3) is 10.9 Å². The number of nitrogens with zero attached hydrogens (tertiary/aromatic N) is 2. The van der Waals surface area contributed by atoms with E-state index in [1.807, 2.05) is 60.1 Å². The molecule has 1 aromatic heterocycles. The number of halogens is 1. The molecule has 1 aliphatic heterocycles. The van der Waals surface area contributed by atoms with E-state index in [4.69, 9.17) is 0 Å².